The van der Waals surface area contributed by atoms with Gasteiger partial charge in [0.25, 0.3) is 0 Å². The quantitative estimate of drug-likeness (QED) is 0.631. The molecule has 90 valence electrons. The molecule has 1 aliphatic heterocycles. The van der Waals surface area contributed by atoms with E-state index in [1.807, 2.05) is 0 Å². The molecule has 1 saturated heterocycles. The Kier molecular flexibility index (Phi) is 5.91. The van der Waals surface area contributed by atoms with Crippen LogP contribution in [0.4, 0.5) is 0 Å². The van der Waals surface area contributed by atoms with Crippen molar-refractivity contribution in [1.29, 1.82) is 0 Å². The molecule has 0 spiro atoms. The summed E-state index contributed by atoms with van der Waals surface area (Å²) >= 11 is 0. The fourth-order valence-corrected chi connectivity index (χ4v) is 1.73. The zero-order valence-electron chi connectivity index (χ0n) is 9.79. The van der Waals surface area contributed by atoms with Crippen molar-refractivity contribution in [1.82, 2.24) is 10.6 Å². The Hall–Kier alpha value is -1.05. The highest BCUT2D eigenvalue weighted by Crippen LogP contribution is 2.12. The van der Waals surface area contributed by atoms with Crippen LogP contribution in [0, 0.1) is 18.3 Å². The number of carbonyl (C=O) groups is 1. The number of carbonyl (C=O) groups excluding carboxylic acids is 1. The number of nitrogens with one attached hydrogen (secondary N) is 2. The maximum absolute atomic E-state index is 11.4. The fourth-order valence-electron chi connectivity index (χ4n) is 1.73. The first-order valence-corrected chi connectivity index (χ1v) is 5.77. The van der Waals surface area contributed by atoms with Gasteiger partial charge in [-0.25, -0.2) is 0 Å². The Bertz CT molecular complexity index is 254. The van der Waals surface area contributed by atoms with E-state index in [2.05, 4.69) is 16.6 Å². The summed E-state index contributed by atoms with van der Waals surface area (Å²) in [7, 11) is 0. The molecule has 2 atom stereocenters. The van der Waals surface area contributed by atoms with E-state index in [1.165, 1.54) is 6.42 Å². The van der Waals surface area contributed by atoms with Crippen molar-refractivity contribution in [3.8, 4) is 12.3 Å². The minimum Gasteiger partial charge on any atom is -0.369 e. The number of hydrogen-bond donors (Lipinski definition) is 2. The fraction of sp³-hybridized carbons (Fsp3) is 0.750. The monoisotopic (exact) mass is 224 g/mol. The zero-order valence-corrected chi connectivity index (χ0v) is 9.79. The van der Waals surface area contributed by atoms with Crippen LogP contribution in [0.3, 0.4) is 0 Å². The predicted molar refractivity (Wildman–Crippen MR) is 62.9 cm³/mol. The summed E-state index contributed by atoms with van der Waals surface area (Å²) in [4.78, 5) is 11.4. The topological polar surface area (TPSA) is 50.4 Å². The molecular formula is C12H20N2O2. The lowest BCUT2D eigenvalue weighted by molar-refractivity contribution is -0.131. The maximum Gasteiger partial charge on any atom is 0.249 e. The normalized spacial score (nSPS) is 21.4. The molecule has 0 saturated carbocycles. The maximum atomic E-state index is 11.4. The molecule has 1 aliphatic rings. The van der Waals surface area contributed by atoms with Crippen molar-refractivity contribution in [3.63, 3.8) is 0 Å². The van der Waals surface area contributed by atoms with Gasteiger partial charge in [0.15, 0.2) is 0 Å². The van der Waals surface area contributed by atoms with Gasteiger partial charge in [-0.1, -0.05) is 5.92 Å². The summed E-state index contributed by atoms with van der Waals surface area (Å²) < 4.78 is 5.45. The molecule has 0 radical (unpaired) electrons. The molecule has 0 aromatic heterocycles. The number of terminal acetylenes is 1. The van der Waals surface area contributed by atoms with Crippen molar-refractivity contribution in [2.24, 2.45) is 5.92 Å². The number of rotatable bonds is 6. The van der Waals surface area contributed by atoms with Crippen LogP contribution in [0.25, 0.3) is 0 Å². The minimum atomic E-state index is -0.414. The number of amides is 1. The second-order valence-electron chi connectivity index (χ2n) is 4.08. The van der Waals surface area contributed by atoms with Gasteiger partial charge >= 0.3 is 0 Å². The van der Waals surface area contributed by atoms with Gasteiger partial charge in [0.2, 0.25) is 5.91 Å². The minimum absolute atomic E-state index is 0.137. The predicted octanol–water partition coefficient (Wildman–Crippen LogP) is 0.140. The molecule has 16 heavy (non-hydrogen) atoms. The summed E-state index contributed by atoms with van der Waals surface area (Å²) in [6.07, 6.45) is 6.86. The van der Waals surface area contributed by atoms with E-state index >= 15 is 0 Å². The van der Waals surface area contributed by atoms with Crippen LogP contribution in [0.15, 0.2) is 0 Å². The molecule has 1 heterocycles. The molecular weight excluding hydrogens is 204 g/mol. The van der Waals surface area contributed by atoms with Crippen LogP contribution in [0.5, 0.6) is 0 Å². The van der Waals surface area contributed by atoms with Crippen LogP contribution in [0.2, 0.25) is 0 Å². The molecule has 4 nitrogen and oxygen atoms in total. The van der Waals surface area contributed by atoms with E-state index < -0.39 is 6.10 Å². The highest BCUT2D eigenvalue weighted by atomic mass is 16.5. The molecule has 0 aromatic carbocycles. The van der Waals surface area contributed by atoms with Crippen molar-refractivity contribution >= 4 is 5.91 Å². The van der Waals surface area contributed by atoms with Crippen molar-refractivity contribution in [3.05, 3.63) is 0 Å². The molecule has 2 N–H and O–H groups in total. The van der Waals surface area contributed by atoms with Crippen LogP contribution >= 0.6 is 0 Å². The Morgan fingerprint density at radius 2 is 2.56 bits per heavy atom. The Labute approximate surface area is 97.1 Å². The molecule has 2 unspecified atom stereocenters. The van der Waals surface area contributed by atoms with Gasteiger partial charge in [0.05, 0.1) is 6.54 Å². The lowest BCUT2D eigenvalue weighted by Crippen LogP contribution is -2.35. The number of ether oxygens (including phenoxy) is 1. The van der Waals surface area contributed by atoms with Gasteiger partial charge in [0, 0.05) is 6.61 Å². The van der Waals surface area contributed by atoms with Gasteiger partial charge in [0.1, 0.15) is 6.10 Å². The lowest BCUT2D eigenvalue weighted by atomic mass is 10.1. The van der Waals surface area contributed by atoms with Crippen LogP contribution in [-0.4, -0.2) is 38.3 Å². The van der Waals surface area contributed by atoms with E-state index in [-0.39, 0.29) is 12.5 Å². The Morgan fingerprint density at radius 1 is 1.75 bits per heavy atom. The SMILES string of the molecule is C#CCNC(=O)C(C)OCCC1CCNC1. The van der Waals surface area contributed by atoms with Gasteiger partial charge < -0.3 is 15.4 Å². The average molecular weight is 224 g/mol. The highest BCUT2D eigenvalue weighted by molar-refractivity contribution is 5.80. The molecule has 1 fully saturated rings. The molecule has 1 rings (SSSR count). The van der Waals surface area contributed by atoms with Crippen molar-refractivity contribution in [2.75, 3.05) is 26.2 Å². The first-order valence-electron chi connectivity index (χ1n) is 5.77. The van der Waals surface area contributed by atoms with Crippen molar-refractivity contribution < 1.29 is 9.53 Å². The first kappa shape index (κ1) is 13.0. The largest absolute Gasteiger partial charge is 0.369 e. The van der Waals surface area contributed by atoms with Gasteiger partial charge in [-0.05, 0) is 38.8 Å². The van der Waals surface area contributed by atoms with Crippen LogP contribution in [-0.2, 0) is 9.53 Å². The molecule has 0 aromatic rings. The summed E-state index contributed by atoms with van der Waals surface area (Å²) in [5.41, 5.74) is 0. The third kappa shape index (κ3) is 4.65. The van der Waals surface area contributed by atoms with Crippen LogP contribution in [0.1, 0.15) is 19.8 Å². The Morgan fingerprint density at radius 3 is 3.19 bits per heavy atom. The van der Waals surface area contributed by atoms with E-state index in [0.717, 1.165) is 19.5 Å². The summed E-state index contributed by atoms with van der Waals surface area (Å²) in [5, 5.41) is 5.90. The van der Waals surface area contributed by atoms with E-state index in [9.17, 15) is 4.79 Å². The van der Waals surface area contributed by atoms with Gasteiger partial charge in [-0.15, -0.1) is 6.42 Å². The first-order chi connectivity index (χ1) is 7.74. The summed E-state index contributed by atoms with van der Waals surface area (Å²) in [5.74, 6) is 2.92. The zero-order chi connectivity index (χ0) is 11.8. The Balaban J connectivity index is 2.07. The smallest absolute Gasteiger partial charge is 0.249 e. The van der Waals surface area contributed by atoms with E-state index in [0.29, 0.717) is 12.5 Å². The summed E-state index contributed by atoms with van der Waals surface area (Å²) in [6.45, 7) is 4.82. The second-order valence-corrected chi connectivity index (χ2v) is 4.08. The van der Waals surface area contributed by atoms with Gasteiger partial charge in [-0.3, -0.25) is 4.79 Å². The van der Waals surface area contributed by atoms with E-state index in [4.69, 9.17) is 11.2 Å². The van der Waals surface area contributed by atoms with Crippen molar-refractivity contribution in [2.45, 2.75) is 25.9 Å². The molecule has 0 aliphatic carbocycles. The molecule has 0 bridgehead atoms. The third-order valence-corrected chi connectivity index (χ3v) is 2.79. The standard InChI is InChI=1S/C12H20N2O2/c1-3-6-14-12(15)10(2)16-8-5-11-4-7-13-9-11/h1,10-11,13H,4-9H2,2H3,(H,14,15). The van der Waals surface area contributed by atoms with Gasteiger partial charge in [-0.2, -0.15) is 0 Å². The third-order valence-electron chi connectivity index (χ3n) is 2.79. The second kappa shape index (κ2) is 7.26. The molecule has 4 heteroatoms. The van der Waals surface area contributed by atoms with E-state index in [1.54, 1.807) is 6.92 Å². The number of hydrogen-bond acceptors (Lipinski definition) is 3. The highest BCUT2D eigenvalue weighted by Gasteiger charge is 2.16. The average Bonchev–Trinajstić information content (AvgIpc) is 2.78. The van der Waals surface area contributed by atoms with Crippen LogP contribution < -0.4 is 10.6 Å². The summed E-state index contributed by atoms with van der Waals surface area (Å²) in [6, 6.07) is 0. The lowest BCUT2D eigenvalue weighted by Gasteiger charge is -2.14. The molecule has 1 amide bonds.